The van der Waals surface area contributed by atoms with Crippen molar-refractivity contribution >= 4 is 22.1 Å². The monoisotopic (exact) mass is 532 g/mol. The first-order valence-electron chi connectivity index (χ1n) is 7.11. The maximum atomic E-state index is 2.28. The molecule has 4 aromatic rings. The van der Waals surface area contributed by atoms with E-state index in [0.717, 1.165) is 6.67 Å². The summed E-state index contributed by atoms with van der Waals surface area (Å²) in [5, 5.41) is 0. The number of hydrogen-bond acceptors (Lipinski definition) is 0. The van der Waals surface area contributed by atoms with Crippen LogP contribution < -0.4 is 57.1 Å². The molecule has 0 fully saturated rings. The van der Waals surface area contributed by atoms with Crippen LogP contribution in [0.3, 0.4) is 0 Å². The Kier molecular flexibility index (Phi) is 5.66. The van der Waals surface area contributed by atoms with Gasteiger partial charge in [0.05, 0.1) is 14.1 Å². The van der Waals surface area contributed by atoms with E-state index < -0.39 is 0 Å². The van der Waals surface area contributed by atoms with Crippen LogP contribution in [0.5, 0.6) is 0 Å². The Morgan fingerprint density at radius 3 is 1.52 bits per heavy atom. The van der Waals surface area contributed by atoms with Crippen LogP contribution in [0, 0.1) is 0 Å². The van der Waals surface area contributed by atoms with Gasteiger partial charge < -0.3 is 48.0 Å². The third kappa shape index (κ3) is 3.10. The van der Waals surface area contributed by atoms with Gasteiger partial charge in [-0.1, -0.05) is 24.3 Å². The second-order valence-electron chi connectivity index (χ2n) is 5.51. The zero-order valence-corrected chi connectivity index (χ0v) is 17.3. The number of halogens is 2. The van der Waals surface area contributed by atoms with E-state index in [1.165, 1.54) is 22.1 Å². The number of aryl methyl sites for hydroxylation is 2. The van der Waals surface area contributed by atoms with Crippen molar-refractivity contribution in [2.75, 3.05) is 0 Å². The Morgan fingerprint density at radius 2 is 1.09 bits per heavy atom. The molecule has 0 radical (unpaired) electrons. The number of hydrogen-bond donors (Lipinski definition) is 0. The molecule has 0 spiro atoms. The molecule has 0 unspecified atom stereocenters. The molecule has 4 nitrogen and oxygen atoms in total. The lowest BCUT2D eigenvalue weighted by atomic mass is 10.3. The fourth-order valence-electron chi connectivity index (χ4n) is 3.07. The van der Waals surface area contributed by atoms with Crippen molar-refractivity contribution in [1.82, 2.24) is 9.13 Å². The molecule has 4 rings (SSSR count). The van der Waals surface area contributed by atoms with Gasteiger partial charge in [0.1, 0.15) is 0 Å². The Hall–Kier alpha value is -1.16. The number of para-hydroxylation sites is 4. The SMILES string of the molecule is C[n+]1cn(Cn2c[n+](C)c3ccccc32)c2ccccc21.[I-].[I-]. The van der Waals surface area contributed by atoms with Crippen LogP contribution in [-0.4, -0.2) is 9.13 Å². The molecule has 0 amide bonds. The zero-order chi connectivity index (χ0) is 14.4. The Morgan fingerprint density at radius 1 is 0.696 bits per heavy atom. The molecule has 0 N–H and O–H groups in total. The first-order chi connectivity index (χ1) is 10.2. The van der Waals surface area contributed by atoms with Gasteiger partial charge in [-0.2, -0.15) is 9.13 Å². The molecular formula is C17H18I2N4. The molecule has 2 aromatic carbocycles. The van der Waals surface area contributed by atoms with Gasteiger partial charge in [0.25, 0.3) is 0 Å². The fraction of sp³-hybridized carbons (Fsp3) is 0.176. The number of benzene rings is 2. The average molecular weight is 532 g/mol. The van der Waals surface area contributed by atoms with Gasteiger partial charge in [-0.25, -0.2) is 9.13 Å². The van der Waals surface area contributed by atoms with Gasteiger partial charge in [-0.15, -0.1) is 0 Å². The summed E-state index contributed by atoms with van der Waals surface area (Å²) in [6.45, 7) is 0.808. The van der Waals surface area contributed by atoms with Gasteiger partial charge in [0.15, 0.2) is 22.1 Å². The van der Waals surface area contributed by atoms with Gasteiger partial charge >= 0.3 is 0 Å². The molecule has 0 saturated heterocycles. The predicted molar refractivity (Wildman–Crippen MR) is 81.6 cm³/mol. The summed E-state index contributed by atoms with van der Waals surface area (Å²) in [6, 6.07) is 17.0. The molecule has 23 heavy (non-hydrogen) atoms. The van der Waals surface area contributed by atoms with Gasteiger partial charge in [-0.05, 0) is 24.3 Å². The molecule has 2 heterocycles. The summed E-state index contributed by atoms with van der Waals surface area (Å²) >= 11 is 0. The topological polar surface area (TPSA) is 17.6 Å². The number of nitrogens with zero attached hydrogens (tertiary/aromatic N) is 4. The lowest BCUT2D eigenvalue weighted by molar-refractivity contribution is -0.646. The molecule has 0 bridgehead atoms. The summed E-state index contributed by atoms with van der Waals surface area (Å²) in [7, 11) is 4.18. The van der Waals surface area contributed by atoms with E-state index in [1.54, 1.807) is 0 Å². The number of rotatable bonds is 2. The molecule has 120 valence electrons. The summed E-state index contributed by atoms with van der Waals surface area (Å²) in [6.07, 6.45) is 4.30. The average Bonchev–Trinajstić information content (AvgIpc) is 3.00. The number of aromatic nitrogens is 4. The van der Waals surface area contributed by atoms with Gasteiger partial charge in [0, 0.05) is 0 Å². The third-order valence-electron chi connectivity index (χ3n) is 4.07. The van der Waals surface area contributed by atoms with E-state index in [1.807, 2.05) is 0 Å². The smallest absolute Gasteiger partial charge is 0.247 e. The first-order valence-corrected chi connectivity index (χ1v) is 7.11. The third-order valence-corrected chi connectivity index (χ3v) is 4.07. The highest BCUT2D eigenvalue weighted by Crippen LogP contribution is 2.14. The van der Waals surface area contributed by atoms with Crippen molar-refractivity contribution in [3.63, 3.8) is 0 Å². The van der Waals surface area contributed by atoms with Crippen LogP contribution in [0.4, 0.5) is 0 Å². The summed E-state index contributed by atoms with van der Waals surface area (Å²) in [5.41, 5.74) is 5.00. The minimum Gasteiger partial charge on any atom is -1.00 e. The second kappa shape index (κ2) is 7.16. The van der Waals surface area contributed by atoms with Crippen LogP contribution >= 0.6 is 0 Å². The van der Waals surface area contributed by atoms with E-state index in [-0.39, 0.29) is 48.0 Å². The van der Waals surface area contributed by atoms with Crippen LogP contribution in [0.2, 0.25) is 0 Å². The molecular weight excluding hydrogens is 514 g/mol. The lowest BCUT2D eigenvalue weighted by Gasteiger charge is -1.95. The molecule has 6 heteroatoms. The quantitative estimate of drug-likeness (QED) is 0.184. The van der Waals surface area contributed by atoms with Crippen molar-refractivity contribution in [3.05, 3.63) is 61.2 Å². The summed E-state index contributed by atoms with van der Waals surface area (Å²) in [5.74, 6) is 0. The Labute approximate surface area is 169 Å². The van der Waals surface area contributed by atoms with Crippen LogP contribution in [0.25, 0.3) is 22.1 Å². The van der Waals surface area contributed by atoms with Crippen LogP contribution in [-0.2, 0) is 20.8 Å². The Bertz CT molecular complexity index is 878. The van der Waals surface area contributed by atoms with Crippen LogP contribution in [0.15, 0.2) is 61.2 Å². The van der Waals surface area contributed by atoms with Crippen molar-refractivity contribution in [2.24, 2.45) is 14.1 Å². The standard InChI is InChI=1S/C17H18N4.2HI/c1-18-11-20(16-9-5-3-7-14(16)18)13-21-12-19(2)15-8-4-6-10-17(15)21;;/h3-12H,13H2,1-2H3;2*1H/q+2;;/p-2. The Balaban J connectivity index is 0.000000960. The van der Waals surface area contributed by atoms with E-state index in [4.69, 9.17) is 0 Å². The summed E-state index contributed by atoms with van der Waals surface area (Å²) < 4.78 is 8.89. The minimum absolute atomic E-state index is 0. The number of imidazole rings is 2. The number of fused-ring (bicyclic) bond motifs is 2. The molecule has 0 atom stereocenters. The minimum atomic E-state index is 0. The summed E-state index contributed by atoms with van der Waals surface area (Å²) in [4.78, 5) is 0. The largest absolute Gasteiger partial charge is 1.00 e. The van der Waals surface area contributed by atoms with E-state index in [2.05, 4.69) is 93.5 Å². The maximum absolute atomic E-state index is 2.28. The molecule has 0 aliphatic rings. The van der Waals surface area contributed by atoms with Gasteiger partial charge in [0.2, 0.25) is 19.3 Å². The maximum Gasteiger partial charge on any atom is 0.247 e. The molecule has 0 saturated carbocycles. The van der Waals surface area contributed by atoms with Crippen molar-refractivity contribution in [3.8, 4) is 0 Å². The first kappa shape index (κ1) is 18.2. The normalized spacial score (nSPS) is 10.5. The highest BCUT2D eigenvalue weighted by molar-refractivity contribution is 5.73. The van der Waals surface area contributed by atoms with E-state index in [9.17, 15) is 0 Å². The zero-order valence-electron chi connectivity index (χ0n) is 13.0. The fourth-order valence-corrected chi connectivity index (χ4v) is 3.07. The van der Waals surface area contributed by atoms with Gasteiger partial charge in [-0.3, -0.25) is 0 Å². The molecule has 2 aromatic heterocycles. The highest BCUT2D eigenvalue weighted by Gasteiger charge is 2.18. The van der Waals surface area contributed by atoms with Crippen molar-refractivity contribution < 1.29 is 57.1 Å². The second-order valence-corrected chi connectivity index (χ2v) is 5.51. The molecule has 0 aliphatic carbocycles. The predicted octanol–water partition coefficient (Wildman–Crippen LogP) is -4.24. The van der Waals surface area contributed by atoms with Crippen LogP contribution in [0.1, 0.15) is 0 Å². The highest BCUT2D eigenvalue weighted by atomic mass is 127. The lowest BCUT2D eigenvalue weighted by Crippen LogP contribution is -3.00. The van der Waals surface area contributed by atoms with E-state index >= 15 is 0 Å². The van der Waals surface area contributed by atoms with E-state index in [0.29, 0.717) is 0 Å². The van der Waals surface area contributed by atoms with Crippen molar-refractivity contribution in [2.45, 2.75) is 6.67 Å². The molecule has 0 aliphatic heterocycles. The van der Waals surface area contributed by atoms with Crippen molar-refractivity contribution in [1.29, 1.82) is 0 Å².